The molecule has 1 atom stereocenters. The first-order chi connectivity index (χ1) is 17.6. The lowest BCUT2D eigenvalue weighted by molar-refractivity contribution is -0.149. The first-order valence-corrected chi connectivity index (χ1v) is 11.8. The molecule has 4 rings (SSSR count). The van der Waals surface area contributed by atoms with E-state index in [0.717, 1.165) is 27.9 Å². The first kappa shape index (κ1) is 24.9. The zero-order valence-corrected chi connectivity index (χ0v) is 20.3. The van der Waals surface area contributed by atoms with E-state index in [4.69, 9.17) is 19.3 Å². The lowest BCUT2D eigenvalue weighted by atomic mass is 10.1. The number of fused-ring (bicyclic) bond motifs is 1. The van der Waals surface area contributed by atoms with Crippen LogP contribution in [0, 0.1) is 0 Å². The molecule has 0 spiro atoms. The predicted octanol–water partition coefficient (Wildman–Crippen LogP) is 4.55. The predicted molar refractivity (Wildman–Crippen MR) is 138 cm³/mol. The van der Waals surface area contributed by atoms with Crippen molar-refractivity contribution in [2.75, 3.05) is 20.3 Å². The summed E-state index contributed by atoms with van der Waals surface area (Å²) in [5, 5.41) is 14.5. The third-order valence-corrected chi connectivity index (χ3v) is 5.67. The Morgan fingerprint density at radius 3 is 2.53 bits per heavy atom. The van der Waals surface area contributed by atoms with E-state index in [9.17, 15) is 9.90 Å². The van der Waals surface area contributed by atoms with Gasteiger partial charge in [0, 0.05) is 30.2 Å². The minimum Gasteiger partial charge on any atom is -0.492 e. The van der Waals surface area contributed by atoms with Crippen LogP contribution in [0.15, 0.2) is 84.1 Å². The van der Waals surface area contributed by atoms with Crippen molar-refractivity contribution in [3.8, 4) is 5.75 Å². The van der Waals surface area contributed by atoms with Crippen molar-refractivity contribution < 1.29 is 24.2 Å². The zero-order chi connectivity index (χ0) is 25.3. The second-order valence-electron chi connectivity index (χ2n) is 8.09. The summed E-state index contributed by atoms with van der Waals surface area (Å²) >= 11 is 0. The Morgan fingerprint density at radius 1 is 1.06 bits per heavy atom. The number of hydrogen-bond acceptors (Lipinski definition) is 6. The Bertz CT molecular complexity index is 1320. The molecule has 0 aliphatic rings. The summed E-state index contributed by atoms with van der Waals surface area (Å²) < 4.78 is 13.3. The van der Waals surface area contributed by atoms with E-state index in [0.29, 0.717) is 37.6 Å². The number of benzene rings is 2. The smallest absolute Gasteiger partial charge is 0.333 e. The lowest BCUT2D eigenvalue weighted by Gasteiger charge is -2.13. The van der Waals surface area contributed by atoms with Crippen molar-refractivity contribution >= 4 is 22.7 Å². The third-order valence-electron chi connectivity index (χ3n) is 5.67. The summed E-state index contributed by atoms with van der Waals surface area (Å²) in [6, 6.07) is 23.2. The molecular formula is C28H29N3O5. The summed E-state index contributed by atoms with van der Waals surface area (Å²) in [4.78, 5) is 21.3. The molecule has 0 unspecified atom stereocenters. The van der Waals surface area contributed by atoms with Crippen molar-refractivity contribution in [2.45, 2.75) is 26.0 Å². The standard InChI is InChI=1S/C28H29N3O5/c1-3-35-25(28(32)33)19-20-9-12-23(13-10-20)36-18-17-31-16-15-22-11-14-24(29-27(22)31)26(30-34-2)21-7-5-4-6-8-21/h4-16,25H,3,17-19H2,1-2H3,(H,32,33)/b30-26+/t25-/m0/s1. The number of aliphatic carboxylic acids is 1. The van der Waals surface area contributed by atoms with Crippen LogP contribution in [-0.4, -0.2) is 52.8 Å². The molecule has 0 fully saturated rings. The van der Waals surface area contributed by atoms with Crippen LogP contribution in [0.5, 0.6) is 5.75 Å². The summed E-state index contributed by atoms with van der Waals surface area (Å²) in [5.41, 5.74) is 4.02. The highest BCUT2D eigenvalue weighted by Gasteiger charge is 2.18. The molecule has 0 amide bonds. The van der Waals surface area contributed by atoms with Gasteiger partial charge in [-0.15, -0.1) is 0 Å². The quantitative estimate of drug-likeness (QED) is 0.233. The SMILES string of the molecule is CCO[C@@H](Cc1ccc(OCCn2ccc3ccc(/C(=N/OC)c4ccccc4)nc32)cc1)C(=O)O. The first-order valence-electron chi connectivity index (χ1n) is 11.8. The van der Waals surface area contributed by atoms with Crippen LogP contribution < -0.4 is 4.74 Å². The number of ether oxygens (including phenoxy) is 2. The molecule has 8 heteroatoms. The fourth-order valence-electron chi connectivity index (χ4n) is 3.92. The number of aromatic nitrogens is 2. The second kappa shape index (κ2) is 12.0. The molecule has 0 saturated carbocycles. The summed E-state index contributed by atoms with van der Waals surface area (Å²) in [6.45, 7) is 3.20. The van der Waals surface area contributed by atoms with Crippen molar-refractivity contribution in [3.05, 3.63) is 95.8 Å². The number of carbonyl (C=O) groups is 1. The largest absolute Gasteiger partial charge is 0.492 e. The van der Waals surface area contributed by atoms with Crippen molar-refractivity contribution in [1.82, 2.24) is 9.55 Å². The zero-order valence-electron chi connectivity index (χ0n) is 20.3. The summed E-state index contributed by atoms with van der Waals surface area (Å²) in [7, 11) is 1.53. The second-order valence-corrected chi connectivity index (χ2v) is 8.09. The number of hydrogen-bond donors (Lipinski definition) is 1. The topological polar surface area (TPSA) is 95.2 Å². The molecule has 2 heterocycles. The molecule has 2 aromatic heterocycles. The Kier molecular flexibility index (Phi) is 8.31. The average Bonchev–Trinajstić information content (AvgIpc) is 3.30. The van der Waals surface area contributed by atoms with Gasteiger partial charge in [0.2, 0.25) is 0 Å². The van der Waals surface area contributed by atoms with Gasteiger partial charge in [-0.05, 0) is 42.8 Å². The van der Waals surface area contributed by atoms with Gasteiger partial charge in [-0.25, -0.2) is 9.78 Å². The molecule has 0 bridgehead atoms. The van der Waals surface area contributed by atoms with Gasteiger partial charge in [-0.2, -0.15) is 0 Å². The number of rotatable bonds is 12. The van der Waals surface area contributed by atoms with Gasteiger partial charge in [-0.1, -0.05) is 47.6 Å². The van der Waals surface area contributed by atoms with E-state index < -0.39 is 12.1 Å². The van der Waals surface area contributed by atoms with Gasteiger partial charge in [-0.3, -0.25) is 0 Å². The van der Waals surface area contributed by atoms with Crippen LogP contribution in [0.2, 0.25) is 0 Å². The molecule has 36 heavy (non-hydrogen) atoms. The van der Waals surface area contributed by atoms with Crippen LogP contribution in [0.4, 0.5) is 0 Å². The highest BCUT2D eigenvalue weighted by molar-refractivity contribution is 6.12. The number of oxime groups is 1. The molecule has 8 nitrogen and oxygen atoms in total. The van der Waals surface area contributed by atoms with Gasteiger partial charge in [0.25, 0.3) is 0 Å². The average molecular weight is 488 g/mol. The molecular weight excluding hydrogens is 458 g/mol. The number of pyridine rings is 1. The van der Waals surface area contributed by atoms with Crippen LogP contribution in [0.25, 0.3) is 11.0 Å². The summed E-state index contributed by atoms with van der Waals surface area (Å²) in [5.74, 6) is -0.247. The van der Waals surface area contributed by atoms with Crippen LogP contribution >= 0.6 is 0 Å². The minimum absolute atomic E-state index is 0.310. The lowest BCUT2D eigenvalue weighted by Crippen LogP contribution is -2.26. The Labute approximate surface area is 209 Å². The van der Waals surface area contributed by atoms with Gasteiger partial charge in [0.15, 0.2) is 6.10 Å². The van der Waals surface area contributed by atoms with E-state index in [1.54, 1.807) is 6.92 Å². The maximum absolute atomic E-state index is 11.3. The number of carboxylic acid groups (broad SMARTS) is 1. The van der Waals surface area contributed by atoms with E-state index >= 15 is 0 Å². The maximum Gasteiger partial charge on any atom is 0.333 e. The number of nitrogens with zero attached hydrogens (tertiary/aromatic N) is 3. The van der Waals surface area contributed by atoms with Gasteiger partial charge < -0.3 is 24.0 Å². The maximum atomic E-state index is 11.3. The van der Waals surface area contributed by atoms with Crippen molar-refractivity contribution in [2.24, 2.45) is 5.16 Å². The molecule has 186 valence electrons. The summed E-state index contributed by atoms with van der Waals surface area (Å²) in [6.07, 6.45) is 1.45. The monoisotopic (exact) mass is 487 g/mol. The Morgan fingerprint density at radius 2 is 1.83 bits per heavy atom. The third kappa shape index (κ3) is 6.09. The molecule has 0 saturated heterocycles. The van der Waals surface area contributed by atoms with Gasteiger partial charge >= 0.3 is 5.97 Å². The fraction of sp³-hybridized carbons (Fsp3) is 0.250. The van der Waals surface area contributed by atoms with E-state index in [1.165, 1.54) is 7.11 Å². The van der Waals surface area contributed by atoms with Crippen LogP contribution in [0.3, 0.4) is 0 Å². The van der Waals surface area contributed by atoms with Gasteiger partial charge in [0.1, 0.15) is 30.8 Å². The Balaban J connectivity index is 1.42. The molecule has 0 aliphatic heterocycles. The Hall–Kier alpha value is -4.17. The van der Waals surface area contributed by atoms with E-state index in [-0.39, 0.29) is 0 Å². The van der Waals surface area contributed by atoms with Gasteiger partial charge in [0.05, 0.1) is 12.2 Å². The molecule has 4 aromatic rings. The minimum atomic E-state index is -0.961. The van der Waals surface area contributed by atoms with Crippen LogP contribution in [0.1, 0.15) is 23.7 Å². The van der Waals surface area contributed by atoms with Crippen molar-refractivity contribution in [1.29, 1.82) is 0 Å². The molecule has 2 aromatic carbocycles. The highest BCUT2D eigenvalue weighted by Crippen LogP contribution is 2.19. The normalized spacial score (nSPS) is 12.4. The highest BCUT2D eigenvalue weighted by atomic mass is 16.6. The van der Waals surface area contributed by atoms with Crippen molar-refractivity contribution in [3.63, 3.8) is 0 Å². The van der Waals surface area contributed by atoms with E-state index in [1.807, 2.05) is 83.6 Å². The van der Waals surface area contributed by atoms with Crippen LogP contribution in [-0.2, 0) is 27.3 Å². The van der Waals surface area contributed by atoms with E-state index in [2.05, 4.69) is 5.16 Å². The number of carboxylic acids is 1. The molecule has 0 aliphatic carbocycles. The molecule has 1 N–H and O–H groups in total. The molecule has 0 radical (unpaired) electrons. The fourth-order valence-corrected chi connectivity index (χ4v) is 3.92.